The second kappa shape index (κ2) is 15.2. The minimum Gasteiger partial charge on any atom is -0.494 e. The molecule has 13 nitrogen and oxygen atoms in total. The van der Waals surface area contributed by atoms with Crippen molar-refractivity contribution in [3.8, 4) is 5.88 Å². The predicted molar refractivity (Wildman–Crippen MR) is 187 cm³/mol. The maximum absolute atomic E-state index is 13.0. The number of hydrogen-bond donors (Lipinski definition) is 6. The van der Waals surface area contributed by atoms with Crippen LogP contribution in [-0.2, 0) is 14.1 Å². The number of aromatic hydroxyl groups is 1. The number of amides is 1. The van der Waals surface area contributed by atoms with Gasteiger partial charge < -0.3 is 49.6 Å². The van der Waals surface area contributed by atoms with E-state index in [-0.39, 0.29) is 11.8 Å². The topological polar surface area (TPSA) is 175 Å². The van der Waals surface area contributed by atoms with E-state index in [1.54, 1.807) is 30.1 Å². The molecule has 1 amide bonds. The first-order valence-corrected chi connectivity index (χ1v) is 16.3. The van der Waals surface area contributed by atoms with Crippen LogP contribution in [0.2, 0.25) is 0 Å². The summed E-state index contributed by atoms with van der Waals surface area (Å²) >= 11 is 0. The molecule has 2 fully saturated rings. The summed E-state index contributed by atoms with van der Waals surface area (Å²) in [4.78, 5) is 27.1. The molecule has 258 valence electrons. The molecule has 2 saturated heterocycles. The summed E-state index contributed by atoms with van der Waals surface area (Å²) in [5.74, 6) is -0.0847. The number of carbonyl (C=O) groups excluding carboxylic acids is 1. The van der Waals surface area contributed by atoms with Gasteiger partial charge in [-0.05, 0) is 42.8 Å². The van der Waals surface area contributed by atoms with E-state index in [0.29, 0.717) is 39.9 Å². The zero-order valence-electron chi connectivity index (χ0n) is 27.5. The van der Waals surface area contributed by atoms with Crippen molar-refractivity contribution >= 4 is 46.5 Å². The van der Waals surface area contributed by atoms with Crippen molar-refractivity contribution in [1.82, 2.24) is 14.8 Å². The Morgan fingerprint density at radius 2 is 1.59 bits per heavy atom. The van der Waals surface area contributed by atoms with Crippen molar-refractivity contribution in [2.24, 2.45) is 4.99 Å². The minimum absolute atomic E-state index is 0.0162. The number of aliphatic hydroxyl groups excluding tert-OH is 4. The average Bonchev–Trinajstić information content (AvgIpc) is 3.72. The monoisotopic (exact) mass is 671 g/mol. The van der Waals surface area contributed by atoms with E-state index in [1.165, 1.54) is 0 Å². The zero-order valence-corrected chi connectivity index (χ0v) is 27.5. The maximum Gasteiger partial charge on any atom is 0.494 e. The number of hydrogen-bond acceptors (Lipinski definition) is 11. The second-order valence-corrected chi connectivity index (χ2v) is 12.6. The molecule has 2 aliphatic heterocycles. The molecule has 3 aromatic carbocycles. The Morgan fingerprint density at radius 1 is 0.959 bits per heavy atom. The number of likely N-dealkylation sites (N-methyl/N-ethyl adjacent to an activating group) is 2. The van der Waals surface area contributed by atoms with Crippen molar-refractivity contribution in [2.45, 2.75) is 24.4 Å². The highest BCUT2D eigenvalue weighted by Crippen LogP contribution is 2.32. The van der Waals surface area contributed by atoms with Crippen LogP contribution in [0.3, 0.4) is 0 Å². The quantitative estimate of drug-likeness (QED) is 0.0970. The molecule has 0 spiro atoms. The van der Waals surface area contributed by atoms with Gasteiger partial charge in [-0.15, -0.1) is 0 Å². The number of fused-ring (bicyclic) bond motifs is 1. The van der Waals surface area contributed by atoms with Crippen LogP contribution in [0.5, 0.6) is 5.88 Å². The van der Waals surface area contributed by atoms with E-state index in [2.05, 4.69) is 21.8 Å². The fraction of sp³-hybridized carbons (Fsp3) is 0.371. The third-order valence-corrected chi connectivity index (χ3v) is 9.18. The molecule has 0 bridgehead atoms. The molecular formula is C35H42BN5O8. The fourth-order valence-corrected chi connectivity index (χ4v) is 6.23. The number of benzene rings is 3. The van der Waals surface area contributed by atoms with Gasteiger partial charge in [0.05, 0.1) is 48.9 Å². The van der Waals surface area contributed by atoms with E-state index in [0.717, 1.165) is 37.4 Å². The van der Waals surface area contributed by atoms with Crippen LogP contribution in [0.1, 0.15) is 11.1 Å². The van der Waals surface area contributed by atoms with Gasteiger partial charge in [0.2, 0.25) is 5.91 Å². The summed E-state index contributed by atoms with van der Waals surface area (Å²) in [6, 6.07) is 22.1. The van der Waals surface area contributed by atoms with E-state index < -0.39 is 44.7 Å². The lowest BCUT2D eigenvalue weighted by molar-refractivity contribution is -0.119. The standard InChI is InChI=1S/C35H42BN5O8/c1-39-14-16-41(17-15-39)19-30(46)40(2)25-11-9-24(10-12-25)37-32(22-6-4-3-5-7-22)31-26-13-8-23(18-27(26)38-35(31)47)36-48-33(28(44)20-42)34(49-36)29(45)21-43/h3-13,18,28-29,33-34,38,42-45,47H,14-17,19-21H2,1-2H3/t28-,29+,33-,34+. The van der Waals surface area contributed by atoms with Gasteiger partial charge in [0.1, 0.15) is 12.2 Å². The van der Waals surface area contributed by atoms with Crippen molar-refractivity contribution < 1.29 is 39.6 Å². The highest BCUT2D eigenvalue weighted by molar-refractivity contribution is 6.62. The number of nitrogens with zero attached hydrogens (tertiary/aromatic N) is 4. The smallest absolute Gasteiger partial charge is 0.494 e. The van der Waals surface area contributed by atoms with Crippen LogP contribution in [0.25, 0.3) is 10.9 Å². The van der Waals surface area contributed by atoms with E-state index >= 15 is 0 Å². The lowest BCUT2D eigenvalue weighted by atomic mass is 9.79. The Kier molecular flexibility index (Phi) is 10.8. The van der Waals surface area contributed by atoms with E-state index in [1.807, 2.05) is 54.6 Å². The van der Waals surface area contributed by atoms with Gasteiger partial charge in [-0.25, -0.2) is 4.99 Å². The van der Waals surface area contributed by atoms with Crippen molar-refractivity contribution in [3.05, 3.63) is 83.9 Å². The largest absolute Gasteiger partial charge is 0.494 e. The Hall–Kier alpha value is -4.12. The number of rotatable bonds is 11. The maximum atomic E-state index is 13.0. The number of aliphatic hydroxyl groups is 4. The van der Waals surface area contributed by atoms with Gasteiger partial charge in [-0.1, -0.05) is 42.5 Å². The molecule has 4 aromatic rings. The molecule has 0 saturated carbocycles. The molecule has 49 heavy (non-hydrogen) atoms. The van der Waals surface area contributed by atoms with E-state index in [4.69, 9.17) is 14.3 Å². The number of piperazine rings is 1. The van der Waals surface area contributed by atoms with Crippen molar-refractivity contribution in [3.63, 3.8) is 0 Å². The van der Waals surface area contributed by atoms with Gasteiger partial charge in [-0.2, -0.15) is 0 Å². The van der Waals surface area contributed by atoms with Crippen molar-refractivity contribution in [2.75, 3.05) is 64.9 Å². The first kappa shape index (κ1) is 34.7. The van der Waals surface area contributed by atoms with Crippen LogP contribution in [0.4, 0.5) is 11.4 Å². The molecule has 6 N–H and O–H groups in total. The summed E-state index contributed by atoms with van der Waals surface area (Å²) in [6.45, 7) is 2.74. The number of aromatic amines is 1. The Labute approximate surface area is 284 Å². The third kappa shape index (κ3) is 7.56. The fourth-order valence-electron chi connectivity index (χ4n) is 6.23. The number of nitrogens with one attached hydrogen (secondary N) is 1. The van der Waals surface area contributed by atoms with Crippen LogP contribution in [0, 0.1) is 0 Å². The molecule has 0 radical (unpaired) electrons. The number of carbonyl (C=O) groups is 1. The summed E-state index contributed by atoms with van der Waals surface area (Å²) in [7, 11) is 2.85. The number of H-pyrrole nitrogens is 1. The highest BCUT2D eigenvalue weighted by Gasteiger charge is 2.47. The van der Waals surface area contributed by atoms with E-state index in [9.17, 15) is 30.3 Å². The molecule has 4 atom stereocenters. The van der Waals surface area contributed by atoms with Gasteiger partial charge in [0, 0.05) is 55.4 Å². The summed E-state index contributed by atoms with van der Waals surface area (Å²) in [5.41, 5.74) is 4.24. The summed E-state index contributed by atoms with van der Waals surface area (Å²) in [6.07, 6.45) is -4.80. The third-order valence-electron chi connectivity index (χ3n) is 9.18. The molecule has 3 heterocycles. The van der Waals surface area contributed by atoms with Crippen LogP contribution in [0.15, 0.2) is 77.8 Å². The summed E-state index contributed by atoms with van der Waals surface area (Å²) < 4.78 is 11.7. The van der Waals surface area contributed by atoms with Crippen molar-refractivity contribution in [1.29, 1.82) is 0 Å². The molecular weight excluding hydrogens is 629 g/mol. The highest BCUT2D eigenvalue weighted by atomic mass is 16.7. The molecule has 0 unspecified atom stereocenters. The summed E-state index contributed by atoms with van der Waals surface area (Å²) in [5, 5.41) is 51.4. The lowest BCUT2D eigenvalue weighted by Crippen LogP contribution is -2.48. The second-order valence-electron chi connectivity index (χ2n) is 12.6. The number of aromatic nitrogens is 1. The number of aliphatic imine (C=N–C) groups is 1. The SMILES string of the molecule is CN1CCN(CC(=O)N(C)c2ccc(N=C(c3ccccc3)c3c(O)[nH]c4cc(B5O[C@@H]([C@@H](O)CO)[C@@H]([C@H](O)CO)O5)ccc34)cc2)CC1. The Bertz CT molecular complexity index is 1750. The van der Waals surface area contributed by atoms with Gasteiger partial charge >= 0.3 is 7.12 Å². The minimum atomic E-state index is -1.33. The van der Waals surface area contributed by atoms with Crippen LogP contribution in [-0.4, -0.2) is 144 Å². The molecule has 14 heteroatoms. The van der Waals surface area contributed by atoms with Gasteiger partial charge in [0.15, 0.2) is 5.88 Å². The Balaban J connectivity index is 1.27. The predicted octanol–water partition coefficient (Wildman–Crippen LogP) is 0.438. The van der Waals surface area contributed by atoms with Crippen LogP contribution < -0.4 is 10.4 Å². The van der Waals surface area contributed by atoms with Crippen LogP contribution >= 0.6 is 0 Å². The average molecular weight is 672 g/mol. The normalized spacial score (nSPS) is 20.5. The molecule has 6 rings (SSSR count). The zero-order chi connectivity index (χ0) is 34.7. The first-order chi connectivity index (χ1) is 23.7. The first-order valence-electron chi connectivity index (χ1n) is 16.3. The lowest BCUT2D eigenvalue weighted by Gasteiger charge is -2.32. The molecule has 2 aliphatic rings. The molecule has 0 aliphatic carbocycles. The molecule has 1 aromatic heterocycles. The van der Waals surface area contributed by atoms with Gasteiger partial charge in [0.25, 0.3) is 0 Å². The number of anilines is 1. The Morgan fingerprint density at radius 3 is 2.20 bits per heavy atom. The van der Waals surface area contributed by atoms with Gasteiger partial charge in [-0.3, -0.25) is 9.69 Å².